The second-order valence-electron chi connectivity index (χ2n) is 9.30. The van der Waals surface area contributed by atoms with Gasteiger partial charge in [0.05, 0.1) is 33.3 Å². The van der Waals surface area contributed by atoms with Gasteiger partial charge in [0.1, 0.15) is 0 Å². The van der Waals surface area contributed by atoms with Gasteiger partial charge in [-0.25, -0.2) is 5.48 Å². The van der Waals surface area contributed by atoms with Crippen LogP contribution < -0.4 is 21.8 Å². The van der Waals surface area contributed by atoms with Gasteiger partial charge >= 0.3 is 26.9 Å². The molecule has 0 bridgehead atoms. The van der Waals surface area contributed by atoms with Crippen molar-refractivity contribution in [3.63, 3.8) is 0 Å². The maximum Gasteiger partial charge on any atom is 0.357 e. The van der Waals surface area contributed by atoms with Crippen molar-refractivity contribution in [2.24, 2.45) is 26.4 Å². The van der Waals surface area contributed by atoms with Crippen molar-refractivity contribution in [3.8, 4) is 5.75 Å². The molecule has 5 rings (SSSR count). The Hall–Kier alpha value is -5.73. The Labute approximate surface area is 260 Å². The molecule has 0 heterocycles. The number of nitrogens with two attached hydrogens (primary N) is 2. The lowest BCUT2D eigenvalue weighted by atomic mass is 10.1. The normalized spacial score (nSPS) is 12.2. The molecule has 46 heavy (non-hydrogen) atoms. The fraction of sp³-hybridized carbons (Fsp3) is 0. The van der Waals surface area contributed by atoms with Crippen molar-refractivity contribution in [2.75, 3.05) is 15.9 Å². The highest BCUT2D eigenvalue weighted by atomic mass is 32.2. The average molecular weight is 667 g/mol. The highest BCUT2D eigenvalue weighted by Crippen LogP contribution is 2.44. The van der Waals surface area contributed by atoms with Crippen LogP contribution >= 0.6 is 0 Å². The van der Waals surface area contributed by atoms with Gasteiger partial charge in [-0.2, -0.15) is 32.1 Å². The molecule has 19 heteroatoms. The van der Waals surface area contributed by atoms with E-state index in [9.17, 15) is 31.3 Å². The topological polar surface area (TPSA) is 270 Å². The molecule has 0 aliphatic carbocycles. The van der Waals surface area contributed by atoms with Crippen molar-refractivity contribution >= 4 is 88.3 Å². The number of azo groups is 2. The van der Waals surface area contributed by atoms with Crippen molar-refractivity contribution in [2.45, 2.75) is 4.90 Å². The van der Waals surface area contributed by atoms with Crippen LogP contribution in [-0.2, 0) is 34.3 Å². The summed E-state index contributed by atoms with van der Waals surface area (Å²) < 4.78 is 63.6. The molecule has 0 saturated heterocycles. The van der Waals surface area contributed by atoms with Crippen LogP contribution in [0, 0.1) is 0 Å². The summed E-state index contributed by atoms with van der Waals surface area (Å²) in [5, 5.41) is 28.8. The van der Waals surface area contributed by atoms with E-state index in [0.717, 1.165) is 0 Å². The van der Waals surface area contributed by atoms with Gasteiger partial charge in [0.25, 0.3) is 0 Å². The summed E-state index contributed by atoms with van der Waals surface area (Å²) in [7, 11) is -9.16. The predicted octanol–water partition coefficient (Wildman–Crippen LogP) is 5.41. The SMILES string of the molecule is NOS(=O)(=O)c1ccc2c(N=Nc3ccc(NOC=O)cc3)ccc(N=Nc3c(NS(=O)(=O)O)cc4ccc(N)cc4c3O)c2c1. The first-order valence-electron chi connectivity index (χ1n) is 12.7. The van der Waals surface area contributed by atoms with Gasteiger partial charge in [-0.3, -0.25) is 14.1 Å². The standard InChI is InChI=1S/C27H22N8O9S2/c28-16-2-1-15-11-25(35-46(40,41)42)26(27(37)21(15)12-16)33-32-24-10-9-23(20-8-7-19(13-22(20)24)45(38,39)44-29)31-30-17-3-5-18(6-4-17)34-43-14-36/h1-14,34-35,37H,28-29H2,(H,40,41,42). The van der Waals surface area contributed by atoms with E-state index in [0.29, 0.717) is 27.8 Å². The number of hydrogen-bond acceptors (Lipinski definition) is 15. The maximum absolute atomic E-state index is 12.4. The number of nitrogen functional groups attached to an aromatic ring is 1. The monoisotopic (exact) mass is 666 g/mol. The number of nitrogens with one attached hydrogen (secondary N) is 2. The Kier molecular flexibility index (Phi) is 8.76. The zero-order chi connectivity index (χ0) is 33.1. The Morgan fingerprint density at radius 3 is 2.15 bits per heavy atom. The lowest BCUT2D eigenvalue weighted by molar-refractivity contribution is -0.126. The molecule has 0 spiro atoms. The van der Waals surface area contributed by atoms with Crippen LogP contribution in [0.3, 0.4) is 0 Å². The highest BCUT2D eigenvalue weighted by Gasteiger charge is 2.19. The Balaban J connectivity index is 1.63. The number of anilines is 3. The molecular formula is C27H22N8O9S2. The molecule has 0 aliphatic heterocycles. The van der Waals surface area contributed by atoms with Gasteiger partial charge in [-0.15, -0.1) is 15.3 Å². The third-order valence-electron chi connectivity index (χ3n) is 6.33. The Morgan fingerprint density at radius 1 is 0.783 bits per heavy atom. The summed E-state index contributed by atoms with van der Waals surface area (Å²) in [4.78, 5) is 14.5. The summed E-state index contributed by atoms with van der Waals surface area (Å²) in [6, 6.07) is 18.9. The molecule has 0 fully saturated rings. The molecule has 0 atom stereocenters. The summed E-state index contributed by atoms with van der Waals surface area (Å²) >= 11 is 0. The van der Waals surface area contributed by atoms with Crippen molar-refractivity contribution in [1.82, 2.24) is 0 Å². The van der Waals surface area contributed by atoms with E-state index in [1.54, 1.807) is 24.3 Å². The number of benzene rings is 5. The molecule has 0 saturated carbocycles. The van der Waals surface area contributed by atoms with Crippen molar-refractivity contribution in [1.29, 1.82) is 0 Å². The van der Waals surface area contributed by atoms with E-state index in [1.165, 1.54) is 54.6 Å². The molecule has 0 aromatic heterocycles. The summed E-state index contributed by atoms with van der Waals surface area (Å²) in [5.74, 6) is 4.46. The lowest BCUT2D eigenvalue weighted by Crippen LogP contribution is -2.10. The average Bonchev–Trinajstić information content (AvgIpc) is 3.03. The van der Waals surface area contributed by atoms with E-state index in [2.05, 4.69) is 35.1 Å². The van der Waals surface area contributed by atoms with E-state index < -0.39 is 26.2 Å². The number of rotatable bonds is 11. The molecule has 0 radical (unpaired) electrons. The van der Waals surface area contributed by atoms with E-state index >= 15 is 0 Å². The number of carbonyl (C=O) groups is 1. The minimum Gasteiger partial charge on any atom is -0.505 e. The van der Waals surface area contributed by atoms with Crippen LogP contribution in [0.1, 0.15) is 0 Å². The molecule has 0 amide bonds. The molecule has 17 nitrogen and oxygen atoms in total. The number of aromatic hydroxyl groups is 1. The summed E-state index contributed by atoms with van der Waals surface area (Å²) in [6.07, 6.45) is 0. The molecule has 0 unspecified atom stereocenters. The quantitative estimate of drug-likeness (QED) is 0.0340. The number of carbonyl (C=O) groups excluding carboxylic acids is 1. The highest BCUT2D eigenvalue weighted by molar-refractivity contribution is 7.87. The molecule has 0 aliphatic rings. The van der Waals surface area contributed by atoms with E-state index in [1.807, 2.05) is 4.72 Å². The number of phenolic OH excluding ortho intramolecular Hbond substituents is 1. The van der Waals surface area contributed by atoms with E-state index in [-0.39, 0.29) is 44.9 Å². The Bertz CT molecular complexity index is 2260. The molecular weight excluding hydrogens is 644 g/mol. The minimum absolute atomic E-state index is 0.0542. The van der Waals surface area contributed by atoms with Gasteiger partial charge in [0.15, 0.2) is 11.4 Å². The zero-order valence-corrected chi connectivity index (χ0v) is 24.7. The second-order valence-corrected chi connectivity index (χ2v) is 12.0. The van der Waals surface area contributed by atoms with Crippen LogP contribution in [0.2, 0.25) is 0 Å². The molecule has 5 aromatic rings. The van der Waals surface area contributed by atoms with Crippen LogP contribution in [0.4, 0.5) is 39.8 Å². The summed E-state index contributed by atoms with van der Waals surface area (Å²) in [6.45, 7) is 0.231. The Morgan fingerprint density at radius 2 is 1.48 bits per heavy atom. The third kappa shape index (κ3) is 6.98. The van der Waals surface area contributed by atoms with Crippen LogP contribution in [0.5, 0.6) is 5.75 Å². The van der Waals surface area contributed by atoms with Gasteiger partial charge in [-0.05, 0) is 72.1 Å². The second kappa shape index (κ2) is 12.7. The molecule has 8 N–H and O–H groups in total. The largest absolute Gasteiger partial charge is 0.505 e. The lowest BCUT2D eigenvalue weighted by Gasteiger charge is -2.12. The van der Waals surface area contributed by atoms with Crippen LogP contribution in [0.25, 0.3) is 21.5 Å². The van der Waals surface area contributed by atoms with Gasteiger partial charge in [0, 0.05) is 21.8 Å². The number of fused-ring (bicyclic) bond motifs is 2. The van der Waals surface area contributed by atoms with Gasteiger partial charge in [0.2, 0.25) is 0 Å². The number of phenols is 1. The molecule has 5 aromatic carbocycles. The molecule has 236 valence electrons. The first-order chi connectivity index (χ1) is 21.9. The first kappa shape index (κ1) is 31.7. The third-order valence-corrected chi connectivity index (χ3v) is 7.89. The van der Waals surface area contributed by atoms with Crippen LogP contribution in [-0.4, -0.2) is 33.0 Å². The smallest absolute Gasteiger partial charge is 0.357 e. The van der Waals surface area contributed by atoms with Crippen molar-refractivity contribution in [3.05, 3.63) is 78.9 Å². The zero-order valence-electron chi connectivity index (χ0n) is 23.1. The van der Waals surface area contributed by atoms with Crippen molar-refractivity contribution < 1.29 is 40.4 Å². The summed E-state index contributed by atoms with van der Waals surface area (Å²) in [5.41, 5.74) is 9.12. The fourth-order valence-corrected chi connectivity index (χ4v) is 5.33. The fourth-order valence-electron chi connectivity index (χ4n) is 4.29. The first-order valence-corrected chi connectivity index (χ1v) is 15.5. The van der Waals surface area contributed by atoms with E-state index in [4.69, 9.17) is 11.6 Å². The maximum atomic E-state index is 12.4. The number of hydrogen-bond donors (Lipinski definition) is 6. The van der Waals surface area contributed by atoms with Gasteiger partial charge in [-0.1, -0.05) is 12.1 Å². The van der Waals surface area contributed by atoms with Gasteiger partial charge < -0.3 is 15.7 Å². The predicted molar refractivity (Wildman–Crippen MR) is 167 cm³/mol. The number of nitrogens with zero attached hydrogens (tertiary/aromatic N) is 4. The van der Waals surface area contributed by atoms with Crippen LogP contribution in [0.15, 0.2) is 104 Å². The minimum atomic E-state index is -4.80.